The molecular weight excluding hydrogens is 315 g/mol. The SMILES string of the molecule is Nc1ncc(C(F)(F)F)cc1N1CCC(Cc2ccccc2)CC1. The quantitative estimate of drug-likeness (QED) is 0.916. The molecule has 1 fully saturated rings. The van der Waals surface area contributed by atoms with Gasteiger partial charge in [-0.2, -0.15) is 13.2 Å². The number of piperidine rings is 1. The molecule has 0 amide bonds. The molecule has 0 spiro atoms. The lowest BCUT2D eigenvalue weighted by Crippen LogP contribution is -2.35. The van der Waals surface area contributed by atoms with Crippen LogP contribution < -0.4 is 10.6 Å². The molecular formula is C18H20F3N3. The monoisotopic (exact) mass is 335 g/mol. The van der Waals surface area contributed by atoms with Crippen LogP contribution in [0.2, 0.25) is 0 Å². The van der Waals surface area contributed by atoms with Crippen molar-refractivity contribution in [1.82, 2.24) is 4.98 Å². The fourth-order valence-corrected chi connectivity index (χ4v) is 3.20. The Labute approximate surface area is 139 Å². The van der Waals surface area contributed by atoms with Crippen LogP contribution in [0.3, 0.4) is 0 Å². The largest absolute Gasteiger partial charge is 0.417 e. The van der Waals surface area contributed by atoms with Crippen LogP contribution in [0, 0.1) is 5.92 Å². The van der Waals surface area contributed by atoms with E-state index in [1.807, 2.05) is 23.1 Å². The molecule has 24 heavy (non-hydrogen) atoms. The zero-order valence-corrected chi connectivity index (χ0v) is 13.3. The number of nitrogens with zero attached hydrogens (tertiary/aromatic N) is 2. The van der Waals surface area contributed by atoms with Gasteiger partial charge in [-0.3, -0.25) is 0 Å². The average Bonchev–Trinajstić information content (AvgIpc) is 2.56. The maximum absolute atomic E-state index is 12.9. The van der Waals surface area contributed by atoms with Crippen molar-refractivity contribution >= 4 is 11.5 Å². The van der Waals surface area contributed by atoms with Crippen molar-refractivity contribution in [3.8, 4) is 0 Å². The van der Waals surface area contributed by atoms with Crippen LogP contribution in [0.15, 0.2) is 42.6 Å². The zero-order chi connectivity index (χ0) is 17.2. The topological polar surface area (TPSA) is 42.1 Å². The first-order chi connectivity index (χ1) is 11.4. The maximum atomic E-state index is 12.9. The Hall–Kier alpha value is -2.24. The summed E-state index contributed by atoms with van der Waals surface area (Å²) in [7, 11) is 0. The van der Waals surface area contributed by atoms with Crippen molar-refractivity contribution in [2.75, 3.05) is 23.7 Å². The minimum atomic E-state index is -4.40. The summed E-state index contributed by atoms with van der Waals surface area (Å²) in [6, 6.07) is 11.4. The van der Waals surface area contributed by atoms with Gasteiger partial charge in [0.1, 0.15) is 5.82 Å². The molecule has 128 valence electrons. The Morgan fingerprint density at radius 2 is 1.79 bits per heavy atom. The van der Waals surface area contributed by atoms with Gasteiger partial charge in [0.15, 0.2) is 0 Å². The summed E-state index contributed by atoms with van der Waals surface area (Å²) in [5, 5.41) is 0. The summed E-state index contributed by atoms with van der Waals surface area (Å²) in [4.78, 5) is 5.64. The molecule has 2 N–H and O–H groups in total. The van der Waals surface area contributed by atoms with Gasteiger partial charge in [-0.05, 0) is 36.8 Å². The number of alkyl halides is 3. The highest BCUT2D eigenvalue weighted by atomic mass is 19.4. The summed E-state index contributed by atoms with van der Waals surface area (Å²) in [5.74, 6) is 0.702. The second kappa shape index (κ2) is 6.71. The molecule has 3 nitrogen and oxygen atoms in total. The van der Waals surface area contributed by atoms with Crippen molar-refractivity contribution < 1.29 is 13.2 Å². The van der Waals surface area contributed by atoms with Crippen LogP contribution in [0.25, 0.3) is 0 Å². The van der Waals surface area contributed by atoms with Crippen LogP contribution in [0.5, 0.6) is 0 Å². The minimum Gasteiger partial charge on any atom is -0.382 e. The van der Waals surface area contributed by atoms with E-state index in [0.717, 1.165) is 31.5 Å². The molecule has 3 rings (SSSR count). The molecule has 2 aromatic rings. The number of hydrogen-bond donors (Lipinski definition) is 1. The van der Waals surface area contributed by atoms with Gasteiger partial charge in [0, 0.05) is 19.3 Å². The van der Waals surface area contributed by atoms with Gasteiger partial charge in [-0.1, -0.05) is 30.3 Å². The first-order valence-corrected chi connectivity index (χ1v) is 8.05. The predicted molar refractivity (Wildman–Crippen MR) is 88.7 cm³/mol. The predicted octanol–water partition coefficient (Wildman–Crippen LogP) is 4.14. The molecule has 1 aromatic carbocycles. The number of nitrogens with two attached hydrogens (primary N) is 1. The van der Waals surface area contributed by atoms with E-state index in [4.69, 9.17) is 5.73 Å². The Balaban J connectivity index is 1.66. The highest BCUT2D eigenvalue weighted by Crippen LogP contribution is 2.35. The molecule has 0 aliphatic carbocycles. The fourth-order valence-electron chi connectivity index (χ4n) is 3.20. The standard InChI is InChI=1S/C18H20F3N3/c19-18(20,21)15-11-16(17(22)23-12-15)24-8-6-14(7-9-24)10-13-4-2-1-3-5-13/h1-5,11-12,14H,6-10H2,(H2,22,23). The number of aromatic nitrogens is 1. The third-order valence-corrected chi connectivity index (χ3v) is 4.55. The smallest absolute Gasteiger partial charge is 0.382 e. The van der Waals surface area contributed by atoms with E-state index in [1.54, 1.807) is 0 Å². The number of benzene rings is 1. The van der Waals surface area contributed by atoms with E-state index < -0.39 is 11.7 Å². The van der Waals surface area contributed by atoms with Crippen molar-refractivity contribution in [2.24, 2.45) is 5.92 Å². The maximum Gasteiger partial charge on any atom is 0.417 e. The lowest BCUT2D eigenvalue weighted by Gasteiger charge is -2.34. The van der Waals surface area contributed by atoms with Crippen molar-refractivity contribution in [2.45, 2.75) is 25.4 Å². The second-order valence-electron chi connectivity index (χ2n) is 6.25. The highest BCUT2D eigenvalue weighted by Gasteiger charge is 2.32. The Morgan fingerprint density at radius 3 is 2.42 bits per heavy atom. The Bertz CT molecular complexity index is 678. The van der Waals surface area contributed by atoms with Gasteiger partial charge in [-0.15, -0.1) is 0 Å². The molecule has 0 unspecified atom stereocenters. The molecule has 0 bridgehead atoms. The summed E-state index contributed by atoms with van der Waals surface area (Å²) < 4.78 is 38.6. The lowest BCUT2D eigenvalue weighted by molar-refractivity contribution is -0.137. The van der Waals surface area contributed by atoms with Gasteiger partial charge < -0.3 is 10.6 Å². The van der Waals surface area contributed by atoms with Crippen molar-refractivity contribution in [3.05, 3.63) is 53.7 Å². The second-order valence-corrected chi connectivity index (χ2v) is 6.25. The zero-order valence-electron chi connectivity index (χ0n) is 13.3. The molecule has 6 heteroatoms. The normalized spacial score (nSPS) is 16.4. The molecule has 1 aliphatic heterocycles. The van der Waals surface area contributed by atoms with Crippen LogP contribution in [-0.2, 0) is 12.6 Å². The van der Waals surface area contributed by atoms with Gasteiger partial charge in [0.2, 0.25) is 0 Å². The van der Waals surface area contributed by atoms with Gasteiger partial charge in [0.05, 0.1) is 11.3 Å². The number of nitrogen functional groups attached to an aromatic ring is 1. The van der Waals surface area contributed by atoms with Gasteiger partial charge in [-0.25, -0.2) is 4.98 Å². The third-order valence-electron chi connectivity index (χ3n) is 4.55. The summed E-state index contributed by atoms with van der Waals surface area (Å²) in [6.45, 7) is 1.40. The Morgan fingerprint density at radius 1 is 1.12 bits per heavy atom. The van der Waals surface area contributed by atoms with Gasteiger partial charge in [0.25, 0.3) is 0 Å². The summed E-state index contributed by atoms with van der Waals surface area (Å²) in [5.41, 5.74) is 6.74. The third kappa shape index (κ3) is 3.80. The summed E-state index contributed by atoms with van der Waals surface area (Å²) >= 11 is 0. The first kappa shape index (κ1) is 16.6. The van der Waals surface area contributed by atoms with E-state index in [1.165, 1.54) is 5.56 Å². The van der Waals surface area contributed by atoms with Crippen molar-refractivity contribution in [3.63, 3.8) is 0 Å². The lowest BCUT2D eigenvalue weighted by atomic mass is 9.90. The first-order valence-electron chi connectivity index (χ1n) is 8.05. The fraction of sp³-hybridized carbons (Fsp3) is 0.389. The van der Waals surface area contributed by atoms with Crippen molar-refractivity contribution in [1.29, 1.82) is 0 Å². The number of hydrogen-bond acceptors (Lipinski definition) is 3. The molecule has 1 aliphatic rings. The van der Waals surface area contributed by atoms with E-state index in [9.17, 15) is 13.2 Å². The van der Waals surface area contributed by atoms with Crippen LogP contribution in [0.1, 0.15) is 24.0 Å². The van der Waals surface area contributed by atoms with E-state index in [2.05, 4.69) is 17.1 Å². The molecule has 0 radical (unpaired) electrons. The van der Waals surface area contributed by atoms with E-state index in [0.29, 0.717) is 24.7 Å². The molecule has 1 aromatic heterocycles. The molecule has 0 saturated carbocycles. The van der Waals surface area contributed by atoms with Crippen LogP contribution in [0.4, 0.5) is 24.7 Å². The van der Waals surface area contributed by atoms with Gasteiger partial charge >= 0.3 is 6.18 Å². The van der Waals surface area contributed by atoms with E-state index >= 15 is 0 Å². The van der Waals surface area contributed by atoms with Crippen LogP contribution >= 0.6 is 0 Å². The number of pyridine rings is 1. The number of rotatable bonds is 3. The highest BCUT2D eigenvalue weighted by molar-refractivity contribution is 5.64. The Kier molecular flexibility index (Phi) is 4.64. The number of halogens is 3. The molecule has 0 atom stereocenters. The molecule has 1 saturated heterocycles. The van der Waals surface area contributed by atoms with E-state index in [-0.39, 0.29) is 5.82 Å². The van der Waals surface area contributed by atoms with Crippen LogP contribution in [-0.4, -0.2) is 18.1 Å². The number of anilines is 2. The minimum absolute atomic E-state index is 0.157. The average molecular weight is 335 g/mol. The summed E-state index contributed by atoms with van der Waals surface area (Å²) in [6.07, 6.45) is -0.734. The molecule has 2 heterocycles.